The van der Waals surface area contributed by atoms with Gasteiger partial charge in [-0.2, -0.15) is 0 Å². The summed E-state index contributed by atoms with van der Waals surface area (Å²) in [5, 5.41) is 3.25. The van der Waals surface area contributed by atoms with Crippen LogP contribution in [0.15, 0.2) is 0 Å². The molecule has 1 N–H and O–H groups in total. The number of nitrogens with zero attached hydrogens (tertiary/aromatic N) is 1. The molecule has 1 atom stereocenters. The molecule has 0 radical (unpaired) electrons. The minimum Gasteiger partial charge on any atom is -0.305 e. The molecule has 4 heteroatoms. The number of nitrogens with one attached hydrogen (secondary N) is 1. The average Bonchev–Trinajstić information content (AvgIpc) is 3.13. The van der Waals surface area contributed by atoms with Crippen molar-refractivity contribution >= 4 is 11.8 Å². The van der Waals surface area contributed by atoms with E-state index in [0.29, 0.717) is 6.42 Å². The molecule has 0 spiro atoms. The van der Waals surface area contributed by atoms with Crippen LogP contribution in [0.2, 0.25) is 0 Å². The molecule has 4 nitrogen and oxygen atoms in total. The zero-order chi connectivity index (χ0) is 13.1. The molecule has 2 amide bonds. The number of carbonyl (C=O) groups excluding carboxylic acids is 2. The maximum Gasteiger partial charge on any atom is 0.247 e. The van der Waals surface area contributed by atoms with Crippen LogP contribution >= 0.6 is 0 Å². The predicted molar refractivity (Wildman–Crippen MR) is 70.0 cm³/mol. The van der Waals surface area contributed by atoms with Gasteiger partial charge in [0.25, 0.3) is 0 Å². The van der Waals surface area contributed by atoms with Crippen molar-refractivity contribution in [1.82, 2.24) is 10.2 Å². The molecule has 2 rings (SSSR count). The van der Waals surface area contributed by atoms with Gasteiger partial charge in [0.15, 0.2) is 0 Å². The highest BCUT2D eigenvalue weighted by Crippen LogP contribution is 2.31. The summed E-state index contributed by atoms with van der Waals surface area (Å²) in [7, 11) is 0. The number of likely N-dealkylation sites (tertiary alicyclic amines) is 1. The van der Waals surface area contributed by atoms with Crippen LogP contribution in [-0.4, -0.2) is 35.3 Å². The number of amides is 2. The van der Waals surface area contributed by atoms with Crippen molar-refractivity contribution in [2.45, 2.75) is 64.5 Å². The summed E-state index contributed by atoms with van der Waals surface area (Å²) in [6.07, 6.45) is 5.85. The summed E-state index contributed by atoms with van der Waals surface area (Å²) >= 11 is 0. The van der Waals surface area contributed by atoms with E-state index in [0.717, 1.165) is 31.7 Å². The van der Waals surface area contributed by atoms with Crippen LogP contribution < -0.4 is 5.32 Å². The van der Waals surface area contributed by atoms with Crippen LogP contribution in [0.5, 0.6) is 0 Å². The molecule has 0 aromatic heterocycles. The third kappa shape index (κ3) is 2.91. The van der Waals surface area contributed by atoms with E-state index in [4.69, 9.17) is 0 Å². The Balaban J connectivity index is 1.86. The summed E-state index contributed by atoms with van der Waals surface area (Å²) in [6.45, 7) is 4.93. The second-order valence-corrected chi connectivity index (χ2v) is 5.52. The molecular weight excluding hydrogens is 228 g/mol. The molecule has 1 aliphatic carbocycles. The molecule has 1 unspecified atom stereocenters. The van der Waals surface area contributed by atoms with E-state index in [-0.39, 0.29) is 23.9 Å². The van der Waals surface area contributed by atoms with Gasteiger partial charge in [0.05, 0.1) is 12.5 Å². The smallest absolute Gasteiger partial charge is 0.247 e. The Bertz CT molecular complexity index is 322. The fourth-order valence-corrected chi connectivity index (χ4v) is 2.72. The zero-order valence-corrected chi connectivity index (χ0v) is 11.4. The van der Waals surface area contributed by atoms with Crippen molar-refractivity contribution in [2.75, 3.05) is 6.54 Å². The topological polar surface area (TPSA) is 49.4 Å². The molecule has 102 valence electrons. The van der Waals surface area contributed by atoms with Gasteiger partial charge in [0.2, 0.25) is 11.8 Å². The van der Waals surface area contributed by atoms with Gasteiger partial charge in [0, 0.05) is 6.04 Å². The van der Waals surface area contributed by atoms with E-state index in [1.165, 1.54) is 17.7 Å². The fraction of sp³-hybridized carbons (Fsp3) is 0.857. The molecule has 0 aromatic carbocycles. The van der Waals surface area contributed by atoms with Crippen molar-refractivity contribution in [1.29, 1.82) is 0 Å². The Kier molecular flexibility index (Phi) is 4.38. The lowest BCUT2D eigenvalue weighted by atomic mass is 10.1. The maximum absolute atomic E-state index is 12.2. The van der Waals surface area contributed by atoms with Crippen molar-refractivity contribution in [3.8, 4) is 0 Å². The monoisotopic (exact) mass is 252 g/mol. The molecule has 2 fully saturated rings. The molecule has 0 aromatic rings. The molecule has 1 saturated carbocycles. The first-order valence-electron chi connectivity index (χ1n) is 7.26. The lowest BCUT2D eigenvalue weighted by Crippen LogP contribution is -2.43. The first-order chi connectivity index (χ1) is 8.67. The van der Waals surface area contributed by atoms with E-state index >= 15 is 0 Å². The molecule has 2 aliphatic rings. The molecule has 1 aliphatic heterocycles. The number of carbonyl (C=O) groups is 2. The first kappa shape index (κ1) is 13.5. The van der Waals surface area contributed by atoms with E-state index in [1.807, 2.05) is 13.8 Å². The van der Waals surface area contributed by atoms with Crippen molar-refractivity contribution in [3.63, 3.8) is 0 Å². The standard InChI is InChI=1S/C14H24N2O2/c1-3-11(4-2)16-13(17)9-12(14(16)18)15-8-7-10-5-6-10/h10-12,15H,3-9H2,1-2H3. The number of hydrogen-bond donors (Lipinski definition) is 1. The average molecular weight is 252 g/mol. The summed E-state index contributed by atoms with van der Waals surface area (Å²) in [4.78, 5) is 25.6. The van der Waals surface area contributed by atoms with Crippen LogP contribution in [0.4, 0.5) is 0 Å². The van der Waals surface area contributed by atoms with Crippen molar-refractivity contribution in [2.24, 2.45) is 5.92 Å². The van der Waals surface area contributed by atoms with Gasteiger partial charge in [0.1, 0.15) is 0 Å². The second kappa shape index (κ2) is 5.83. The van der Waals surface area contributed by atoms with Crippen LogP contribution in [0.1, 0.15) is 52.4 Å². The highest BCUT2D eigenvalue weighted by atomic mass is 16.2. The van der Waals surface area contributed by atoms with Gasteiger partial charge < -0.3 is 5.32 Å². The highest BCUT2D eigenvalue weighted by Gasteiger charge is 2.41. The third-order valence-corrected chi connectivity index (χ3v) is 4.13. The van der Waals surface area contributed by atoms with E-state index < -0.39 is 0 Å². The van der Waals surface area contributed by atoms with Crippen molar-refractivity contribution < 1.29 is 9.59 Å². The summed E-state index contributed by atoms with van der Waals surface area (Å²) < 4.78 is 0. The van der Waals surface area contributed by atoms with Crippen LogP contribution in [0, 0.1) is 5.92 Å². The minimum atomic E-state index is -0.267. The summed E-state index contributed by atoms with van der Waals surface area (Å²) in [5.41, 5.74) is 0. The zero-order valence-electron chi connectivity index (χ0n) is 11.4. The molecule has 18 heavy (non-hydrogen) atoms. The van der Waals surface area contributed by atoms with E-state index in [2.05, 4.69) is 5.32 Å². The Morgan fingerprint density at radius 3 is 2.50 bits per heavy atom. The highest BCUT2D eigenvalue weighted by molar-refractivity contribution is 6.05. The SMILES string of the molecule is CCC(CC)N1C(=O)CC(NCCC2CC2)C1=O. The van der Waals surface area contributed by atoms with Gasteiger partial charge in [-0.1, -0.05) is 26.7 Å². The number of hydrogen-bond acceptors (Lipinski definition) is 3. The van der Waals surface area contributed by atoms with Crippen LogP contribution in [0.25, 0.3) is 0 Å². The third-order valence-electron chi connectivity index (χ3n) is 4.13. The Morgan fingerprint density at radius 2 is 1.94 bits per heavy atom. The van der Waals surface area contributed by atoms with Crippen LogP contribution in [0.3, 0.4) is 0 Å². The first-order valence-corrected chi connectivity index (χ1v) is 7.26. The molecule has 0 bridgehead atoms. The lowest BCUT2D eigenvalue weighted by Gasteiger charge is -2.24. The molecular formula is C14H24N2O2. The normalized spacial score (nSPS) is 24.4. The van der Waals surface area contributed by atoms with Crippen LogP contribution in [-0.2, 0) is 9.59 Å². The molecule has 1 heterocycles. The van der Waals surface area contributed by atoms with Crippen molar-refractivity contribution in [3.05, 3.63) is 0 Å². The Labute approximate surface area is 109 Å². The lowest BCUT2D eigenvalue weighted by molar-refractivity contribution is -0.141. The van der Waals surface area contributed by atoms with E-state index in [9.17, 15) is 9.59 Å². The maximum atomic E-state index is 12.2. The van der Waals surface area contributed by atoms with Gasteiger partial charge >= 0.3 is 0 Å². The fourth-order valence-electron chi connectivity index (χ4n) is 2.72. The quantitative estimate of drug-likeness (QED) is 0.702. The Hall–Kier alpha value is -0.900. The summed E-state index contributed by atoms with van der Waals surface area (Å²) in [6, 6.07) is -0.183. The van der Waals surface area contributed by atoms with Gasteiger partial charge in [-0.25, -0.2) is 0 Å². The largest absolute Gasteiger partial charge is 0.305 e. The van der Waals surface area contributed by atoms with Gasteiger partial charge in [-0.3, -0.25) is 14.5 Å². The minimum absolute atomic E-state index is 0.00220. The second-order valence-electron chi connectivity index (χ2n) is 5.52. The molecule has 1 saturated heterocycles. The predicted octanol–water partition coefficient (Wildman–Crippen LogP) is 1.69. The van der Waals surface area contributed by atoms with E-state index in [1.54, 1.807) is 0 Å². The Morgan fingerprint density at radius 1 is 1.28 bits per heavy atom. The number of imide groups is 1. The summed E-state index contributed by atoms with van der Waals surface area (Å²) in [5.74, 6) is 0.849. The number of rotatable bonds is 7. The van der Waals surface area contributed by atoms with Gasteiger partial charge in [-0.05, 0) is 31.7 Å². The van der Waals surface area contributed by atoms with Gasteiger partial charge in [-0.15, -0.1) is 0 Å².